The molecule has 0 radical (unpaired) electrons. The van der Waals surface area contributed by atoms with Gasteiger partial charge in [-0.3, -0.25) is 4.90 Å². The van der Waals surface area contributed by atoms with Gasteiger partial charge < -0.3 is 9.47 Å². The first-order chi connectivity index (χ1) is 7.83. The second kappa shape index (κ2) is 7.61. The lowest BCUT2D eigenvalue weighted by Crippen LogP contribution is -2.41. The van der Waals surface area contributed by atoms with E-state index in [4.69, 9.17) is 14.7 Å². The maximum Gasteiger partial charge on any atom is 0.0672 e. The van der Waals surface area contributed by atoms with Crippen molar-refractivity contribution >= 4 is 0 Å². The summed E-state index contributed by atoms with van der Waals surface area (Å²) in [6, 6.07) is 2.82. The number of hydrogen-bond acceptors (Lipinski definition) is 4. The third-order valence-electron chi connectivity index (χ3n) is 3.28. The molecule has 0 bridgehead atoms. The molecule has 1 aliphatic carbocycles. The largest absolute Gasteiger partial charge is 0.383 e. The lowest BCUT2D eigenvalue weighted by molar-refractivity contribution is 0.0812. The Balaban J connectivity index is 2.49. The third-order valence-corrected chi connectivity index (χ3v) is 3.28. The SMILES string of the molecule is COCCN(CCOC)C1CCCC1C#N. The molecule has 4 nitrogen and oxygen atoms in total. The van der Waals surface area contributed by atoms with Gasteiger partial charge in [-0.2, -0.15) is 5.26 Å². The first-order valence-electron chi connectivity index (χ1n) is 5.95. The third kappa shape index (κ3) is 3.75. The van der Waals surface area contributed by atoms with E-state index in [2.05, 4.69) is 11.0 Å². The van der Waals surface area contributed by atoms with Gasteiger partial charge in [0.05, 0.1) is 25.2 Å². The van der Waals surface area contributed by atoms with E-state index in [1.165, 1.54) is 6.42 Å². The molecule has 1 fully saturated rings. The minimum atomic E-state index is 0.189. The Bertz CT molecular complexity index is 220. The highest BCUT2D eigenvalue weighted by atomic mass is 16.5. The maximum absolute atomic E-state index is 9.10. The van der Waals surface area contributed by atoms with Crippen molar-refractivity contribution in [2.45, 2.75) is 25.3 Å². The molecule has 16 heavy (non-hydrogen) atoms. The predicted molar refractivity (Wildman–Crippen MR) is 62.1 cm³/mol. The van der Waals surface area contributed by atoms with Gasteiger partial charge in [-0.15, -0.1) is 0 Å². The fraction of sp³-hybridized carbons (Fsp3) is 0.917. The number of nitriles is 1. The van der Waals surface area contributed by atoms with E-state index >= 15 is 0 Å². The molecule has 1 saturated carbocycles. The number of ether oxygens (including phenoxy) is 2. The number of hydrogen-bond donors (Lipinski definition) is 0. The van der Waals surface area contributed by atoms with Crippen molar-refractivity contribution in [2.24, 2.45) is 5.92 Å². The lowest BCUT2D eigenvalue weighted by atomic mass is 10.0. The van der Waals surface area contributed by atoms with E-state index in [1.54, 1.807) is 14.2 Å². The van der Waals surface area contributed by atoms with Crippen LogP contribution in [0, 0.1) is 17.2 Å². The highest BCUT2D eigenvalue weighted by Gasteiger charge is 2.31. The number of methoxy groups -OCH3 is 2. The molecule has 2 atom stereocenters. The normalized spacial score (nSPS) is 24.9. The molecule has 92 valence electrons. The summed E-state index contributed by atoms with van der Waals surface area (Å²) in [4.78, 5) is 2.34. The second-order valence-corrected chi connectivity index (χ2v) is 4.26. The molecule has 4 heteroatoms. The zero-order valence-corrected chi connectivity index (χ0v) is 10.3. The Kier molecular flexibility index (Phi) is 6.39. The summed E-state index contributed by atoms with van der Waals surface area (Å²) in [5.74, 6) is 0.189. The molecule has 0 aromatic rings. The fourth-order valence-electron chi connectivity index (χ4n) is 2.39. The second-order valence-electron chi connectivity index (χ2n) is 4.26. The Morgan fingerprint density at radius 3 is 2.31 bits per heavy atom. The van der Waals surface area contributed by atoms with Crippen LogP contribution in [0.5, 0.6) is 0 Å². The van der Waals surface area contributed by atoms with Crippen molar-refractivity contribution in [3.8, 4) is 6.07 Å². The molecule has 0 N–H and O–H groups in total. The summed E-state index contributed by atoms with van der Waals surface area (Å²) < 4.78 is 10.2. The van der Waals surface area contributed by atoms with Crippen molar-refractivity contribution in [1.82, 2.24) is 4.90 Å². The van der Waals surface area contributed by atoms with E-state index in [-0.39, 0.29) is 5.92 Å². The number of rotatable bonds is 7. The molecule has 1 rings (SSSR count). The van der Waals surface area contributed by atoms with Crippen molar-refractivity contribution in [2.75, 3.05) is 40.5 Å². The maximum atomic E-state index is 9.10. The molecule has 0 aromatic heterocycles. The molecule has 0 saturated heterocycles. The van der Waals surface area contributed by atoms with Gasteiger partial charge >= 0.3 is 0 Å². The topological polar surface area (TPSA) is 45.5 Å². The molecule has 2 unspecified atom stereocenters. The van der Waals surface area contributed by atoms with Gasteiger partial charge in [0.1, 0.15) is 0 Å². The van der Waals surface area contributed by atoms with Crippen LogP contribution < -0.4 is 0 Å². The summed E-state index contributed by atoms with van der Waals surface area (Å²) in [5.41, 5.74) is 0. The Labute approximate surface area is 98.1 Å². The Hall–Kier alpha value is -0.630. The van der Waals surface area contributed by atoms with Gasteiger partial charge in [0.2, 0.25) is 0 Å². The Morgan fingerprint density at radius 1 is 1.19 bits per heavy atom. The monoisotopic (exact) mass is 226 g/mol. The van der Waals surface area contributed by atoms with Crippen LogP contribution >= 0.6 is 0 Å². The molecule has 0 spiro atoms. The van der Waals surface area contributed by atoms with Crippen LogP contribution in [0.15, 0.2) is 0 Å². The molecular weight excluding hydrogens is 204 g/mol. The smallest absolute Gasteiger partial charge is 0.0672 e. The Morgan fingerprint density at radius 2 is 1.81 bits per heavy atom. The van der Waals surface area contributed by atoms with Gasteiger partial charge in [-0.05, 0) is 12.8 Å². The summed E-state index contributed by atoms with van der Waals surface area (Å²) in [5, 5.41) is 9.10. The zero-order valence-electron chi connectivity index (χ0n) is 10.3. The van der Waals surface area contributed by atoms with Crippen LogP contribution in [-0.4, -0.2) is 51.5 Å². The number of nitrogens with zero attached hydrogens (tertiary/aromatic N) is 2. The highest BCUT2D eigenvalue weighted by molar-refractivity contribution is 4.97. The van der Waals surface area contributed by atoms with Crippen LogP contribution in [0.25, 0.3) is 0 Å². The summed E-state index contributed by atoms with van der Waals surface area (Å²) in [6.07, 6.45) is 3.34. The molecule has 0 heterocycles. The molecular formula is C12H22N2O2. The standard InChI is InChI=1S/C12H22N2O2/c1-15-8-6-14(7-9-16-2)12-5-3-4-11(12)10-13/h11-12H,3-9H2,1-2H3. The van der Waals surface area contributed by atoms with E-state index < -0.39 is 0 Å². The average molecular weight is 226 g/mol. The molecule has 0 aliphatic heterocycles. The van der Waals surface area contributed by atoms with Crippen molar-refractivity contribution < 1.29 is 9.47 Å². The predicted octanol–water partition coefficient (Wildman–Crippen LogP) is 1.27. The van der Waals surface area contributed by atoms with Gasteiger partial charge in [-0.1, -0.05) is 6.42 Å². The van der Waals surface area contributed by atoms with Crippen LogP contribution in [0.2, 0.25) is 0 Å². The zero-order chi connectivity index (χ0) is 11.8. The van der Waals surface area contributed by atoms with Crippen molar-refractivity contribution in [3.63, 3.8) is 0 Å². The van der Waals surface area contributed by atoms with Crippen LogP contribution in [0.3, 0.4) is 0 Å². The molecule has 0 aromatic carbocycles. The van der Waals surface area contributed by atoms with E-state index in [9.17, 15) is 0 Å². The average Bonchev–Trinajstić information content (AvgIpc) is 2.77. The van der Waals surface area contributed by atoms with Crippen LogP contribution in [-0.2, 0) is 9.47 Å². The highest BCUT2D eigenvalue weighted by Crippen LogP contribution is 2.29. The van der Waals surface area contributed by atoms with Gasteiger partial charge in [0.15, 0.2) is 0 Å². The summed E-state index contributed by atoms with van der Waals surface area (Å²) >= 11 is 0. The van der Waals surface area contributed by atoms with Gasteiger partial charge in [-0.25, -0.2) is 0 Å². The quantitative estimate of drug-likeness (QED) is 0.656. The first-order valence-corrected chi connectivity index (χ1v) is 5.95. The molecule has 0 amide bonds. The summed E-state index contributed by atoms with van der Waals surface area (Å²) in [7, 11) is 3.43. The summed E-state index contributed by atoms with van der Waals surface area (Å²) in [6.45, 7) is 3.22. The van der Waals surface area contributed by atoms with Gasteiger partial charge in [0, 0.05) is 33.4 Å². The lowest BCUT2D eigenvalue weighted by Gasteiger charge is -2.30. The van der Waals surface area contributed by atoms with E-state index in [0.29, 0.717) is 6.04 Å². The fourth-order valence-corrected chi connectivity index (χ4v) is 2.39. The van der Waals surface area contributed by atoms with E-state index in [1.807, 2.05) is 0 Å². The van der Waals surface area contributed by atoms with Crippen molar-refractivity contribution in [1.29, 1.82) is 5.26 Å². The first kappa shape index (κ1) is 13.4. The van der Waals surface area contributed by atoms with E-state index in [0.717, 1.165) is 39.1 Å². The van der Waals surface area contributed by atoms with Crippen molar-refractivity contribution in [3.05, 3.63) is 0 Å². The minimum absolute atomic E-state index is 0.189. The van der Waals surface area contributed by atoms with Crippen LogP contribution in [0.1, 0.15) is 19.3 Å². The van der Waals surface area contributed by atoms with Crippen LogP contribution in [0.4, 0.5) is 0 Å². The van der Waals surface area contributed by atoms with Gasteiger partial charge in [0.25, 0.3) is 0 Å². The minimum Gasteiger partial charge on any atom is -0.383 e. The molecule has 1 aliphatic rings.